The molecule has 0 spiro atoms. The van der Waals surface area contributed by atoms with Gasteiger partial charge < -0.3 is 0 Å². The van der Waals surface area contributed by atoms with E-state index in [-0.39, 0.29) is 24.3 Å². The first kappa shape index (κ1) is 14.0. The monoisotopic (exact) mass is 280 g/mol. The predicted octanol–water partition coefficient (Wildman–Crippen LogP) is 2.14. The molecule has 1 saturated heterocycles. The molecule has 2 rings (SSSR count). The van der Waals surface area contributed by atoms with E-state index < -0.39 is 6.04 Å². The van der Waals surface area contributed by atoms with E-state index >= 15 is 0 Å². The second-order valence-corrected chi connectivity index (χ2v) is 5.11. The number of amides is 2. The Labute approximate surface area is 117 Å². The van der Waals surface area contributed by atoms with Crippen molar-refractivity contribution in [2.45, 2.75) is 32.4 Å². The third kappa shape index (κ3) is 2.96. The van der Waals surface area contributed by atoms with Crippen molar-refractivity contribution in [1.29, 1.82) is 0 Å². The second kappa shape index (κ2) is 5.72. The Morgan fingerprint density at radius 1 is 1.47 bits per heavy atom. The van der Waals surface area contributed by atoms with Crippen molar-refractivity contribution in [3.05, 3.63) is 34.9 Å². The quantitative estimate of drug-likeness (QED) is 0.860. The van der Waals surface area contributed by atoms with Crippen LogP contribution in [0.1, 0.15) is 31.9 Å². The number of carbonyl (C=O) groups excluding carboxylic acids is 2. The number of imide groups is 1. The summed E-state index contributed by atoms with van der Waals surface area (Å²) in [5, 5.41) is 3.86. The Morgan fingerprint density at radius 2 is 2.21 bits per heavy atom. The Bertz CT molecular complexity index is 504. The van der Waals surface area contributed by atoms with Gasteiger partial charge in [0.15, 0.2) is 0 Å². The minimum atomic E-state index is -0.429. The molecule has 102 valence electrons. The highest BCUT2D eigenvalue weighted by atomic mass is 35.5. The maximum absolute atomic E-state index is 12.0. The molecule has 1 aromatic rings. The summed E-state index contributed by atoms with van der Waals surface area (Å²) in [5.74, 6) is -0.246. The molecule has 0 aromatic heterocycles. The van der Waals surface area contributed by atoms with Crippen LogP contribution < -0.4 is 5.32 Å². The fraction of sp³-hybridized carbons (Fsp3) is 0.429. The van der Waals surface area contributed by atoms with E-state index in [1.165, 1.54) is 4.90 Å². The Kier molecular flexibility index (Phi) is 4.22. The summed E-state index contributed by atoms with van der Waals surface area (Å²) in [6.45, 7) is 4.19. The molecule has 0 aliphatic carbocycles. The van der Waals surface area contributed by atoms with Gasteiger partial charge in [0.2, 0.25) is 11.8 Å². The lowest BCUT2D eigenvalue weighted by atomic mass is 10.1. The van der Waals surface area contributed by atoms with Crippen molar-refractivity contribution >= 4 is 23.4 Å². The Balaban J connectivity index is 2.06. The van der Waals surface area contributed by atoms with Gasteiger partial charge in [-0.3, -0.25) is 19.8 Å². The van der Waals surface area contributed by atoms with Crippen molar-refractivity contribution in [3.63, 3.8) is 0 Å². The van der Waals surface area contributed by atoms with Gasteiger partial charge in [0.25, 0.3) is 0 Å². The van der Waals surface area contributed by atoms with E-state index in [1.54, 1.807) is 13.0 Å². The number of likely N-dealkylation sites (tertiary alicyclic amines) is 1. The van der Waals surface area contributed by atoms with Crippen LogP contribution in [0.5, 0.6) is 0 Å². The fourth-order valence-electron chi connectivity index (χ4n) is 2.32. The summed E-state index contributed by atoms with van der Waals surface area (Å²) in [6, 6.07) is 7.02. The molecule has 1 N–H and O–H groups in total. The molecule has 1 aliphatic rings. The van der Waals surface area contributed by atoms with Crippen LogP contribution in [-0.4, -0.2) is 29.3 Å². The van der Waals surface area contributed by atoms with E-state index in [0.29, 0.717) is 11.6 Å². The van der Waals surface area contributed by atoms with E-state index in [1.807, 2.05) is 25.1 Å². The van der Waals surface area contributed by atoms with Gasteiger partial charge in [0, 0.05) is 17.6 Å². The minimum absolute atomic E-state index is 0.0303. The van der Waals surface area contributed by atoms with E-state index in [9.17, 15) is 9.59 Å². The normalized spacial score (nSPS) is 21.0. The number of rotatable bonds is 4. The van der Waals surface area contributed by atoms with E-state index in [0.717, 1.165) is 5.56 Å². The van der Waals surface area contributed by atoms with Crippen molar-refractivity contribution < 1.29 is 9.59 Å². The van der Waals surface area contributed by atoms with Crippen molar-refractivity contribution in [1.82, 2.24) is 10.2 Å². The smallest absolute Gasteiger partial charge is 0.246 e. The summed E-state index contributed by atoms with van der Waals surface area (Å²) in [5.41, 5.74) is 1.00. The predicted molar refractivity (Wildman–Crippen MR) is 73.8 cm³/mol. The number of benzene rings is 1. The lowest BCUT2D eigenvalue weighted by Gasteiger charge is -2.19. The van der Waals surface area contributed by atoms with E-state index in [4.69, 9.17) is 11.6 Å². The molecule has 1 aromatic carbocycles. The van der Waals surface area contributed by atoms with Crippen LogP contribution in [-0.2, 0) is 9.59 Å². The highest BCUT2D eigenvalue weighted by molar-refractivity contribution is 6.30. The maximum atomic E-state index is 12.0. The highest BCUT2D eigenvalue weighted by Gasteiger charge is 2.37. The van der Waals surface area contributed by atoms with Crippen LogP contribution >= 0.6 is 11.6 Å². The molecule has 4 nitrogen and oxygen atoms in total. The largest absolute Gasteiger partial charge is 0.299 e. The number of nitrogens with one attached hydrogen (secondary N) is 1. The zero-order valence-electron chi connectivity index (χ0n) is 11.0. The standard InChI is InChI=1S/C14H17ClN2O2/c1-3-17-13(18)8-12(14(17)19)16-9(2)10-5-4-6-11(15)7-10/h4-7,9,12,16H,3,8H2,1-2H3. The van der Waals surface area contributed by atoms with Gasteiger partial charge in [-0.2, -0.15) is 0 Å². The van der Waals surface area contributed by atoms with Gasteiger partial charge in [-0.1, -0.05) is 23.7 Å². The third-order valence-corrected chi connectivity index (χ3v) is 3.60. The molecular weight excluding hydrogens is 264 g/mol. The van der Waals surface area contributed by atoms with Crippen LogP contribution in [0.4, 0.5) is 0 Å². The number of nitrogens with zero attached hydrogens (tertiary/aromatic N) is 1. The molecule has 2 amide bonds. The first-order valence-electron chi connectivity index (χ1n) is 6.38. The number of likely N-dealkylation sites (N-methyl/N-ethyl adjacent to an activating group) is 1. The molecule has 0 radical (unpaired) electrons. The molecule has 2 unspecified atom stereocenters. The molecule has 0 saturated carbocycles. The summed E-state index contributed by atoms with van der Waals surface area (Å²) in [7, 11) is 0. The van der Waals surface area contributed by atoms with Crippen LogP contribution in [0.2, 0.25) is 5.02 Å². The van der Waals surface area contributed by atoms with Crippen LogP contribution in [0, 0.1) is 0 Å². The average Bonchev–Trinajstić information content (AvgIpc) is 2.64. The van der Waals surface area contributed by atoms with Gasteiger partial charge in [-0.15, -0.1) is 0 Å². The fourth-order valence-corrected chi connectivity index (χ4v) is 2.52. The first-order valence-corrected chi connectivity index (χ1v) is 6.76. The van der Waals surface area contributed by atoms with Gasteiger partial charge >= 0.3 is 0 Å². The number of hydrogen-bond donors (Lipinski definition) is 1. The molecule has 1 fully saturated rings. The van der Waals surface area contributed by atoms with Gasteiger partial charge in [-0.05, 0) is 31.5 Å². The average molecular weight is 281 g/mol. The summed E-state index contributed by atoms with van der Waals surface area (Å²) in [6.07, 6.45) is 0.234. The zero-order chi connectivity index (χ0) is 14.0. The highest BCUT2D eigenvalue weighted by Crippen LogP contribution is 2.20. The minimum Gasteiger partial charge on any atom is -0.299 e. The molecule has 19 heavy (non-hydrogen) atoms. The van der Waals surface area contributed by atoms with Crippen molar-refractivity contribution in [2.24, 2.45) is 0 Å². The lowest BCUT2D eigenvalue weighted by Crippen LogP contribution is -2.39. The number of carbonyl (C=O) groups is 2. The van der Waals surface area contributed by atoms with Gasteiger partial charge in [0.05, 0.1) is 12.5 Å². The summed E-state index contributed by atoms with van der Waals surface area (Å²) >= 11 is 5.95. The summed E-state index contributed by atoms with van der Waals surface area (Å²) in [4.78, 5) is 24.9. The van der Waals surface area contributed by atoms with Crippen molar-refractivity contribution in [3.8, 4) is 0 Å². The second-order valence-electron chi connectivity index (χ2n) is 4.68. The van der Waals surface area contributed by atoms with Gasteiger partial charge in [-0.25, -0.2) is 0 Å². The van der Waals surface area contributed by atoms with Crippen LogP contribution in [0.15, 0.2) is 24.3 Å². The van der Waals surface area contributed by atoms with Crippen LogP contribution in [0.3, 0.4) is 0 Å². The molecule has 1 heterocycles. The zero-order valence-corrected chi connectivity index (χ0v) is 11.8. The molecule has 5 heteroatoms. The molecule has 1 aliphatic heterocycles. The Hall–Kier alpha value is -1.39. The maximum Gasteiger partial charge on any atom is 0.246 e. The number of hydrogen-bond acceptors (Lipinski definition) is 3. The topological polar surface area (TPSA) is 49.4 Å². The first-order chi connectivity index (χ1) is 9.02. The molecule has 2 atom stereocenters. The van der Waals surface area contributed by atoms with Crippen LogP contribution in [0.25, 0.3) is 0 Å². The lowest BCUT2D eigenvalue weighted by molar-refractivity contribution is -0.138. The Morgan fingerprint density at radius 3 is 2.79 bits per heavy atom. The van der Waals surface area contributed by atoms with Crippen molar-refractivity contribution in [2.75, 3.05) is 6.54 Å². The van der Waals surface area contributed by atoms with E-state index in [2.05, 4.69) is 5.32 Å². The number of halogens is 1. The van der Waals surface area contributed by atoms with Gasteiger partial charge in [0.1, 0.15) is 0 Å². The molecular formula is C14H17ClN2O2. The SMILES string of the molecule is CCN1C(=O)CC(NC(C)c2cccc(Cl)c2)C1=O. The third-order valence-electron chi connectivity index (χ3n) is 3.36. The summed E-state index contributed by atoms with van der Waals surface area (Å²) < 4.78 is 0. The molecule has 0 bridgehead atoms.